The van der Waals surface area contributed by atoms with Gasteiger partial charge in [0.25, 0.3) is 5.91 Å². The summed E-state index contributed by atoms with van der Waals surface area (Å²) in [4.78, 5) is 70.4. The number of carbonyl (C=O) groups excluding carboxylic acids is 3. The number of fused-ring (bicyclic) bond motifs is 4. The third kappa shape index (κ3) is 16.1. The van der Waals surface area contributed by atoms with Crippen LogP contribution in [0.4, 0.5) is 15.8 Å². The van der Waals surface area contributed by atoms with Crippen molar-refractivity contribution in [2.45, 2.75) is 64.3 Å². The molecule has 10 heterocycles. The van der Waals surface area contributed by atoms with Crippen molar-refractivity contribution in [3.05, 3.63) is 237 Å². The van der Waals surface area contributed by atoms with Gasteiger partial charge in [-0.15, -0.1) is 0 Å². The molecule has 3 saturated heterocycles. The van der Waals surface area contributed by atoms with E-state index in [2.05, 4.69) is 85.7 Å². The number of aromatic amines is 1. The van der Waals surface area contributed by atoms with Crippen LogP contribution in [0.25, 0.3) is 43.6 Å². The molecule has 14 rings (SSSR count). The molecule has 458 valence electrons. The van der Waals surface area contributed by atoms with Crippen LogP contribution in [-0.2, 0) is 35.3 Å². The molecule has 90 heavy (non-hydrogen) atoms. The third-order valence-electron chi connectivity index (χ3n) is 16.0. The average molecular weight is 1250 g/mol. The largest absolute Gasteiger partial charge is 0.465 e. The number of esters is 2. The Bertz CT molecular complexity index is 4350. The summed E-state index contributed by atoms with van der Waals surface area (Å²) in [5, 5.41) is 11.1. The van der Waals surface area contributed by atoms with Crippen molar-refractivity contribution in [3.8, 4) is 0 Å². The zero-order chi connectivity index (χ0) is 62.3. The number of amides is 1. The number of pyridine rings is 6. The summed E-state index contributed by atoms with van der Waals surface area (Å²) in [5.41, 5.74) is 13.4. The zero-order valence-electron chi connectivity index (χ0n) is 50.2. The summed E-state index contributed by atoms with van der Waals surface area (Å²) >= 11 is 12.1. The van der Waals surface area contributed by atoms with Crippen LogP contribution in [0.2, 0.25) is 10.0 Å². The van der Waals surface area contributed by atoms with E-state index < -0.39 is 5.82 Å². The van der Waals surface area contributed by atoms with Gasteiger partial charge in [0.15, 0.2) is 0 Å². The number of methoxy groups -OCH3 is 2. The highest BCUT2D eigenvalue weighted by atomic mass is 35.5. The summed E-state index contributed by atoms with van der Waals surface area (Å²) < 4.78 is 24.0. The van der Waals surface area contributed by atoms with Crippen molar-refractivity contribution in [3.63, 3.8) is 0 Å². The molecule has 3 N–H and O–H groups in total. The van der Waals surface area contributed by atoms with E-state index in [9.17, 15) is 18.8 Å². The molecule has 3 aliphatic heterocycles. The Morgan fingerprint density at radius 1 is 0.533 bits per heavy atom. The average Bonchev–Trinajstić information content (AvgIpc) is 3.08. The lowest BCUT2D eigenvalue weighted by Gasteiger charge is -2.17. The van der Waals surface area contributed by atoms with Crippen LogP contribution in [0.5, 0.6) is 0 Å². The number of nitrogens with zero attached hydrogens (tertiary/aromatic N) is 8. The van der Waals surface area contributed by atoms with Gasteiger partial charge in [0.2, 0.25) is 0 Å². The summed E-state index contributed by atoms with van der Waals surface area (Å²) in [6.07, 6.45) is 21.6. The van der Waals surface area contributed by atoms with Gasteiger partial charge in [0, 0.05) is 138 Å². The Morgan fingerprint density at radius 2 is 0.989 bits per heavy atom. The molecule has 4 aromatic carbocycles. The van der Waals surface area contributed by atoms with Gasteiger partial charge in [-0.25, -0.2) is 14.0 Å². The smallest absolute Gasteiger partial charge is 0.337 e. The van der Waals surface area contributed by atoms with E-state index in [1.807, 2.05) is 54.9 Å². The molecule has 11 aromatic rings. The third-order valence-corrected chi connectivity index (χ3v) is 16.5. The van der Waals surface area contributed by atoms with Gasteiger partial charge in [0.1, 0.15) is 5.82 Å². The van der Waals surface area contributed by atoms with Crippen molar-refractivity contribution in [1.82, 2.24) is 45.5 Å². The van der Waals surface area contributed by atoms with Crippen LogP contribution in [0.15, 0.2) is 165 Å². The second-order valence-electron chi connectivity index (χ2n) is 22.4. The number of hydrogen-bond donors (Lipinski definition) is 3. The summed E-state index contributed by atoms with van der Waals surface area (Å²) in [5.74, 6) is -1.40. The van der Waals surface area contributed by atoms with Gasteiger partial charge < -0.3 is 34.9 Å². The Hall–Kier alpha value is -9.42. The predicted molar refractivity (Wildman–Crippen MR) is 353 cm³/mol. The maximum Gasteiger partial charge on any atom is 0.337 e. The Morgan fingerprint density at radius 3 is 1.46 bits per heavy atom. The van der Waals surface area contributed by atoms with Gasteiger partial charge in [0.05, 0.1) is 75.7 Å². The van der Waals surface area contributed by atoms with Crippen LogP contribution < -0.4 is 20.4 Å². The van der Waals surface area contributed by atoms with Gasteiger partial charge in [-0.05, 0) is 171 Å². The fourth-order valence-electron chi connectivity index (χ4n) is 11.3. The Balaban J connectivity index is 0.000000138. The number of anilines is 2. The number of H-pyrrole nitrogens is 1. The maximum absolute atomic E-state index is 14.5. The second-order valence-corrected chi connectivity index (χ2v) is 23.2. The van der Waals surface area contributed by atoms with Gasteiger partial charge in [-0.3, -0.25) is 34.7 Å². The first-order chi connectivity index (χ1) is 43.9. The van der Waals surface area contributed by atoms with Gasteiger partial charge >= 0.3 is 11.9 Å². The maximum atomic E-state index is 14.5. The highest BCUT2D eigenvalue weighted by molar-refractivity contribution is 6.35. The molecule has 3 aliphatic rings. The molecule has 1 amide bonds. The first-order valence-electron chi connectivity index (χ1n) is 30.2. The van der Waals surface area contributed by atoms with Crippen molar-refractivity contribution in [2.75, 3.05) is 63.3 Å². The van der Waals surface area contributed by atoms with Crippen molar-refractivity contribution < 1.29 is 28.2 Å². The lowest BCUT2D eigenvalue weighted by atomic mass is 10.0. The highest BCUT2D eigenvalue weighted by Gasteiger charge is 2.17. The van der Waals surface area contributed by atoms with E-state index in [0.29, 0.717) is 57.1 Å². The minimum Gasteiger partial charge on any atom is -0.465 e. The number of nitrogens with one attached hydrogen (secondary N) is 3. The predicted octanol–water partition coefficient (Wildman–Crippen LogP) is 13.7. The number of ether oxygens (including phenoxy) is 2. The van der Waals surface area contributed by atoms with Gasteiger partial charge in [-0.1, -0.05) is 41.4 Å². The number of halogens is 3. The molecule has 3 fully saturated rings. The van der Waals surface area contributed by atoms with Crippen molar-refractivity contribution >= 4 is 96.0 Å². The number of benzene rings is 4. The monoisotopic (exact) mass is 1240 g/mol. The molecule has 0 atom stereocenters. The number of hydrogen-bond acceptors (Lipinski definition) is 14. The fourth-order valence-corrected chi connectivity index (χ4v) is 11.7. The fraction of sp³-hybridized carbons (Fsp3) is 0.254. The lowest BCUT2D eigenvalue weighted by Crippen LogP contribution is -2.23. The van der Waals surface area contributed by atoms with Crippen molar-refractivity contribution in [1.29, 1.82) is 0 Å². The normalized spacial score (nSPS) is 13.5. The second kappa shape index (κ2) is 29.7. The number of aromatic nitrogens is 7. The Kier molecular flexibility index (Phi) is 20.5. The quantitative estimate of drug-likeness (QED) is 0.0923. The number of rotatable bonds is 13. The van der Waals surface area contributed by atoms with E-state index >= 15 is 0 Å². The van der Waals surface area contributed by atoms with E-state index in [1.165, 1.54) is 77.6 Å². The van der Waals surface area contributed by atoms with E-state index in [-0.39, 0.29) is 24.4 Å². The van der Waals surface area contributed by atoms with Crippen LogP contribution in [0.3, 0.4) is 0 Å². The summed E-state index contributed by atoms with van der Waals surface area (Å²) in [7, 11) is 2.75. The lowest BCUT2D eigenvalue weighted by molar-refractivity contribution is 0.0591. The molecule has 0 aliphatic carbocycles. The first-order valence-corrected chi connectivity index (χ1v) is 30.9. The zero-order valence-corrected chi connectivity index (χ0v) is 51.7. The SMILES string of the molecule is C1CCNC1.COC(=O)c1ccnc(Cc2ccc3ncc(Cl)cc3c2)c1.COC(=O)c1ccnc(Cc2ccc3ncc(N4CCCC4)cc3c2)c1.O=C(NCc1cc2c(Cl)c[nH]c2cc1F)c1ccnc(Cc2ccc3ncc(N4CCCC4)cc3c2)c1. The molecular formula is C71H68Cl2FN11O5. The van der Waals surface area contributed by atoms with E-state index in [1.54, 1.807) is 73.4 Å². The molecule has 16 nitrogen and oxygen atoms in total. The van der Waals surface area contributed by atoms with E-state index in [0.717, 1.165) is 104 Å². The van der Waals surface area contributed by atoms with Gasteiger partial charge in [-0.2, -0.15) is 0 Å². The molecule has 19 heteroatoms. The molecular weight excluding hydrogens is 1180 g/mol. The van der Waals surface area contributed by atoms with Crippen molar-refractivity contribution in [2.24, 2.45) is 0 Å². The minimum absolute atomic E-state index is 0.0524. The van der Waals surface area contributed by atoms with Crippen LogP contribution >= 0.6 is 23.2 Å². The summed E-state index contributed by atoms with van der Waals surface area (Å²) in [6.45, 7) is 6.92. The molecule has 7 aromatic heterocycles. The van der Waals surface area contributed by atoms with Crippen LogP contribution in [0.1, 0.15) is 109 Å². The summed E-state index contributed by atoms with van der Waals surface area (Å²) in [6, 6.07) is 38.1. The topological polar surface area (TPSA) is 193 Å². The van der Waals surface area contributed by atoms with Crippen LogP contribution in [0, 0.1) is 5.82 Å². The molecule has 0 unspecified atom stereocenters. The molecule has 0 bridgehead atoms. The molecule has 0 spiro atoms. The Labute approximate surface area is 531 Å². The van der Waals surface area contributed by atoms with E-state index in [4.69, 9.17) is 32.7 Å². The molecule has 0 saturated carbocycles. The minimum atomic E-state index is -0.402. The molecule has 0 radical (unpaired) electrons. The number of carbonyl (C=O) groups is 3. The highest BCUT2D eigenvalue weighted by Crippen LogP contribution is 2.29. The standard InChI is InChI=1S/C29H25ClFN5O.C21H21N3O2.C17H13ClN2O2.C4H9N/c30-25-17-34-28-14-26(31)21(13-24(25)28)15-35-29(37)19-5-6-32-22(11-19)10-18-3-4-27-20(9-18)12-23(16-33-27)36-7-1-2-8-36;1-26-21(25)16-6-7-22-18(12-16)11-15-4-5-20-17(10-15)13-19(14-23-20)24-8-2-3-9-24;1-22-17(21)12-4-5-19-15(9-12)7-11-2-3-16-13(6-11)8-14(18)10-20-16;1-2-4-5-3-1/h3-6,9,11-14,16-17,34H,1-2,7-8,10,15H2,(H,35,37);4-7,10,12-14H,2-3,8-9,11H2,1H3;2-6,8-10H,7H2,1H3;5H,1-4H2. The van der Waals surface area contributed by atoms with Crippen LogP contribution in [-0.4, -0.2) is 106 Å². The first kappa shape index (κ1) is 62.2.